The summed E-state index contributed by atoms with van der Waals surface area (Å²) in [5, 5.41) is 3.03. The Hall–Kier alpha value is -2.46. The molecule has 25 heavy (non-hydrogen) atoms. The van der Waals surface area contributed by atoms with Crippen LogP contribution in [-0.4, -0.2) is 24.5 Å². The van der Waals surface area contributed by atoms with E-state index in [-0.39, 0.29) is 17.7 Å². The van der Waals surface area contributed by atoms with Crippen LogP contribution in [0.25, 0.3) is 5.57 Å². The van der Waals surface area contributed by atoms with Gasteiger partial charge >= 0.3 is 0 Å². The molecule has 2 atom stereocenters. The Morgan fingerprint density at radius 3 is 2.76 bits per heavy atom. The Bertz CT molecular complexity index is 725. The molecule has 1 saturated carbocycles. The third kappa shape index (κ3) is 4.54. The molecule has 1 aromatic heterocycles. The van der Waals surface area contributed by atoms with E-state index in [9.17, 15) is 4.79 Å². The Morgan fingerprint density at radius 1 is 1.28 bits per heavy atom. The van der Waals surface area contributed by atoms with Gasteiger partial charge in [0.2, 0.25) is 5.91 Å². The van der Waals surface area contributed by atoms with Crippen LogP contribution in [0.3, 0.4) is 0 Å². The van der Waals surface area contributed by atoms with E-state index in [1.165, 1.54) is 0 Å². The molecule has 3 rings (SSSR count). The van der Waals surface area contributed by atoms with E-state index >= 15 is 0 Å². The van der Waals surface area contributed by atoms with E-state index in [1.54, 1.807) is 13.3 Å². The van der Waals surface area contributed by atoms with Crippen LogP contribution >= 0.6 is 0 Å². The summed E-state index contributed by atoms with van der Waals surface area (Å²) in [7, 11) is 1.69. The monoisotopic (exact) mass is 336 g/mol. The van der Waals surface area contributed by atoms with Gasteiger partial charge in [0.15, 0.2) is 0 Å². The van der Waals surface area contributed by atoms with Crippen molar-refractivity contribution in [2.75, 3.05) is 13.7 Å². The summed E-state index contributed by atoms with van der Waals surface area (Å²) in [5.74, 6) is 0.466. The zero-order chi connectivity index (χ0) is 17.6. The van der Waals surface area contributed by atoms with E-state index in [0.29, 0.717) is 13.2 Å². The number of hydrogen-bond acceptors (Lipinski definition) is 3. The summed E-state index contributed by atoms with van der Waals surface area (Å²) >= 11 is 0. The molecule has 1 heterocycles. The van der Waals surface area contributed by atoms with Gasteiger partial charge in [-0.2, -0.15) is 0 Å². The predicted molar refractivity (Wildman–Crippen MR) is 98.9 cm³/mol. The molecule has 4 nitrogen and oxygen atoms in total. The van der Waals surface area contributed by atoms with Crippen molar-refractivity contribution < 1.29 is 9.53 Å². The van der Waals surface area contributed by atoms with Crippen LogP contribution in [0.4, 0.5) is 0 Å². The fourth-order valence-corrected chi connectivity index (χ4v) is 3.02. The first-order chi connectivity index (χ1) is 12.2. The first-order valence-electron chi connectivity index (χ1n) is 8.63. The van der Waals surface area contributed by atoms with E-state index < -0.39 is 0 Å². The maximum absolute atomic E-state index is 12.2. The van der Waals surface area contributed by atoms with Crippen LogP contribution in [-0.2, 0) is 16.1 Å². The van der Waals surface area contributed by atoms with Crippen molar-refractivity contribution in [3.8, 4) is 0 Å². The molecule has 4 heteroatoms. The van der Waals surface area contributed by atoms with Crippen LogP contribution in [0.5, 0.6) is 0 Å². The van der Waals surface area contributed by atoms with Crippen molar-refractivity contribution in [3.05, 3.63) is 72.1 Å². The van der Waals surface area contributed by atoms with Gasteiger partial charge in [-0.05, 0) is 41.7 Å². The summed E-state index contributed by atoms with van der Waals surface area (Å²) in [6.07, 6.45) is 3.42. The number of hydrogen-bond donors (Lipinski definition) is 1. The Labute approximate surface area is 148 Å². The number of nitrogens with one attached hydrogen (secondary N) is 1. The third-order valence-corrected chi connectivity index (χ3v) is 4.59. The van der Waals surface area contributed by atoms with E-state index in [1.807, 2.05) is 30.3 Å². The highest BCUT2D eigenvalue weighted by molar-refractivity contribution is 5.82. The molecule has 2 aromatic rings. The topological polar surface area (TPSA) is 51.2 Å². The Morgan fingerprint density at radius 2 is 2.08 bits per heavy atom. The molecule has 1 aliphatic carbocycles. The fraction of sp³-hybridized carbons (Fsp3) is 0.333. The van der Waals surface area contributed by atoms with Crippen LogP contribution in [0.2, 0.25) is 0 Å². The third-order valence-electron chi connectivity index (χ3n) is 4.59. The number of carbonyl (C=O) groups is 1. The van der Waals surface area contributed by atoms with Gasteiger partial charge in [-0.25, -0.2) is 0 Å². The van der Waals surface area contributed by atoms with Crippen LogP contribution in [0.15, 0.2) is 55.2 Å². The number of ether oxygens (including phenoxy) is 1. The minimum atomic E-state index is 0.0662. The molecule has 0 bridgehead atoms. The maximum atomic E-state index is 12.2. The van der Waals surface area contributed by atoms with Crippen LogP contribution in [0, 0.1) is 5.92 Å². The number of methoxy groups -OCH3 is 1. The molecule has 0 radical (unpaired) electrons. The fourth-order valence-electron chi connectivity index (χ4n) is 3.02. The quantitative estimate of drug-likeness (QED) is 0.802. The number of amides is 1. The lowest BCUT2D eigenvalue weighted by atomic mass is 10.0. The van der Waals surface area contributed by atoms with Gasteiger partial charge in [-0.15, -0.1) is 0 Å². The molecular weight excluding hydrogens is 312 g/mol. The highest BCUT2D eigenvalue weighted by atomic mass is 16.5. The number of rotatable bonds is 8. The molecule has 0 saturated heterocycles. The minimum absolute atomic E-state index is 0.0662. The zero-order valence-corrected chi connectivity index (χ0v) is 14.6. The number of pyridine rings is 1. The summed E-state index contributed by atoms with van der Waals surface area (Å²) < 4.78 is 5.11. The lowest BCUT2D eigenvalue weighted by molar-refractivity contribution is -0.122. The lowest BCUT2D eigenvalue weighted by Gasteiger charge is -2.09. The van der Waals surface area contributed by atoms with E-state index in [0.717, 1.165) is 35.2 Å². The van der Waals surface area contributed by atoms with Gasteiger partial charge in [0.1, 0.15) is 0 Å². The molecular formula is C21H24N2O2. The molecule has 2 unspecified atom stereocenters. The Kier molecular flexibility index (Phi) is 5.61. The number of carbonyl (C=O) groups excluding carboxylic acids is 1. The average molecular weight is 336 g/mol. The number of aromatic nitrogens is 1. The highest BCUT2D eigenvalue weighted by Crippen LogP contribution is 2.46. The molecule has 1 aliphatic rings. The van der Waals surface area contributed by atoms with Crippen molar-refractivity contribution >= 4 is 11.5 Å². The molecule has 130 valence electrons. The van der Waals surface area contributed by atoms with Crippen LogP contribution in [0.1, 0.15) is 35.6 Å². The largest absolute Gasteiger partial charge is 0.380 e. The van der Waals surface area contributed by atoms with Crippen molar-refractivity contribution in [1.29, 1.82) is 0 Å². The van der Waals surface area contributed by atoms with Crippen LogP contribution < -0.4 is 5.32 Å². The summed E-state index contributed by atoms with van der Waals surface area (Å²) in [6, 6.07) is 14.1. The Balaban J connectivity index is 1.42. The standard InChI is InChI=1S/C21H24N2O2/c1-15(17-8-6-16(7-9-17)14-25-2)10-12-23-21(24)19-13-18(19)20-5-3-4-11-22-20/h3-9,11,18-19H,1,10,12-14H2,2H3,(H,23,24). The SMILES string of the molecule is C=C(CCNC(=O)C1CC1c1ccccn1)c1ccc(COC)cc1. The summed E-state index contributed by atoms with van der Waals surface area (Å²) in [4.78, 5) is 16.6. The lowest BCUT2D eigenvalue weighted by Crippen LogP contribution is -2.26. The normalized spacial score (nSPS) is 18.6. The maximum Gasteiger partial charge on any atom is 0.223 e. The summed E-state index contributed by atoms with van der Waals surface area (Å²) in [6.45, 7) is 5.35. The first kappa shape index (κ1) is 17.4. The van der Waals surface area contributed by atoms with Gasteiger partial charge in [0.25, 0.3) is 0 Å². The zero-order valence-electron chi connectivity index (χ0n) is 14.6. The predicted octanol–water partition coefficient (Wildman–Crippen LogP) is 3.55. The van der Waals surface area contributed by atoms with Gasteiger partial charge in [0.05, 0.1) is 6.61 Å². The van der Waals surface area contributed by atoms with Crippen molar-refractivity contribution in [2.24, 2.45) is 5.92 Å². The second kappa shape index (κ2) is 8.08. The van der Waals surface area contributed by atoms with Crippen molar-refractivity contribution in [3.63, 3.8) is 0 Å². The average Bonchev–Trinajstić information content (AvgIpc) is 3.44. The first-order valence-corrected chi connectivity index (χ1v) is 8.63. The van der Waals surface area contributed by atoms with E-state index in [4.69, 9.17) is 4.74 Å². The van der Waals surface area contributed by atoms with Gasteiger partial charge in [0, 0.05) is 37.4 Å². The van der Waals surface area contributed by atoms with Gasteiger partial charge in [-0.1, -0.05) is 36.9 Å². The number of benzene rings is 1. The molecule has 1 N–H and O–H groups in total. The molecule has 0 aliphatic heterocycles. The molecule has 1 fully saturated rings. The molecule has 1 amide bonds. The van der Waals surface area contributed by atoms with Crippen molar-refractivity contribution in [2.45, 2.75) is 25.4 Å². The van der Waals surface area contributed by atoms with Gasteiger partial charge in [-0.3, -0.25) is 9.78 Å². The van der Waals surface area contributed by atoms with Crippen molar-refractivity contribution in [1.82, 2.24) is 10.3 Å². The number of nitrogens with zero attached hydrogens (tertiary/aromatic N) is 1. The highest BCUT2D eigenvalue weighted by Gasteiger charge is 2.44. The molecule has 0 spiro atoms. The summed E-state index contributed by atoms with van der Waals surface area (Å²) in [5.41, 5.74) is 4.29. The molecule has 1 aromatic carbocycles. The van der Waals surface area contributed by atoms with E-state index in [2.05, 4.69) is 29.0 Å². The second-order valence-corrected chi connectivity index (χ2v) is 6.48. The minimum Gasteiger partial charge on any atom is -0.380 e. The second-order valence-electron chi connectivity index (χ2n) is 6.48. The van der Waals surface area contributed by atoms with Gasteiger partial charge < -0.3 is 10.1 Å². The smallest absolute Gasteiger partial charge is 0.223 e.